The molecule has 0 amide bonds. The van der Waals surface area contributed by atoms with Gasteiger partial charge in [-0.1, -0.05) is 12.1 Å². The van der Waals surface area contributed by atoms with Crippen molar-refractivity contribution in [2.75, 3.05) is 20.1 Å². The fourth-order valence-corrected chi connectivity index (χ4v) is 2.72. The molecular formula is C15H23FN2. The molecule has 3 heteroatoms. The number of nitrogens with zero attached hydrogens (tertiary/aromatic N) is 1. The van der Waals surface area contributed by atoms with Gasteiger partial charge in [-0.15, -0.1) is 0 Å². The first-order valence-corrected chi connectivity index (χ1v) is 6.85. The molecule has 1 heterocycles. The first kappa shape index (κ1) is 13.5. The van der Waals surface area contributed by atoms with Crippen molar-refractivity contribution in [3.63, 3.8) is 0 Å². The van der Waals surface area contributed by atoms with Gasteiger partial charge >= 0.3 is 0 Å². The van der Waals surface area contributed by atoms with Crippen LogP contribution in [0.25, 0.3) is 0 Å². The average Bonchev–Trinajstić information content (AvgIpc) is 2.41. The number of nitrogens with one attached hydrogen (secondary N) is 1. The summed E-state index contributed by atoms with van der Waals surface area (Å²) < 4.78 is 12.8. The minimum atomic E-state index is -0.152. The van der Waals surface area contributed by atoms with E-state index in [4.69, 9.17) is 0 Å². The zero-order valence-corrected chi connectivity index (χ0v) is 11.3. The SMILES string of the molecule is CNC1CCN(C(C)Cc2ccc(F)cc2)CC1. The van der Waals surface area contributed by atoms with E-state index in [2.05, 4.69) is 17.1 Å². The minimum Gasteiger partial charge on any atom is -0.317 e. The third-order valence-electron chi connectivity index (χ3n) is 4.01. The lowest BCUT2D eigenvalue weighted by molar-refractivity contribution is 0.154. The Bertz CT molecular complexity index is 355. The van der Waals surface area contributed by atoms with Crippen LogP contribution in [-0.4, -0.2) is 37.1 Å². The van der Waals surface area contributed by atoms with Crippen LogP contribution in [0.15, 0.2) is 24.3 Å². The highest BCUT2D eigenvalue weighted by Crippen LogP contribution is 2.16. The molecule has 100 valence electrons. The van der Waals surface area contributed by atoms with Gasteiger partial charge in [-0.3, -0.25) is 0 Å². The molecule has 1 atom stereocenters. The highest BCUT2D eigenvalue weighted by atomic mass is 19.1. The van der Waals surface area contributed by atoms with Gasteiger partial charge in [0.25, 0.3) is 0 Å². The van der Waals surface area contributed by atoms with Crippen molar-refractivity contribution < 1.29 is 4.39 Å². The van der Waals surface area contributed by atoms with Gasteiger partial charge in [0.1, 0.15) is 5.82 Å². The van der Waals surface area contributed by atoms with Crippen LogP contribution in [0.2, 0.25) is 0 Å². The maximum atomic E-state index is 12.8. The fourth-order valence-electron chi connectivity index (χ4n) is 2.72. The lowest BCUT2D eigenvalue weighted by atomic mass is 10.0. The molecular weight excluding hydrogens is 227 g/mol. The number of rotatable bonds is 4. The van der Waals surface area contributed by atoms with Crippen molar-refractivity contribution in [3.8, 4) is 0 Å². The molecule has 2 nitrogen and oxygen atoms in total. The fraction of sp³-hybridized carbons (Fsp3) is 0.600. The summed E-state index contributed by atoms with van der Waals surface area (Å²) in [5, 5.41) is 3.35. The highest BCUT2D eigenvalue weighted by Gasteiger charge is 2.21. The van der Waals surface area contributed by atoms with Crippen LogP contribution in [0.3, 0.4) is 0 Å². The largest absolute Gasteiger partial charge is 0.317 e. The topological polar surface area (TPSA) is 15.3 Å². The summed E-state index contributed by atoms with van der Waals surface area (Å²) in [6.45, 7) is 4.59. The van der Waals surface area contributed by atoms with Crippen LogP contribution in [0.4, 0.5) is 4.39 Å². The van der Waals surface area contributed by atoms with Gasteiger partial charge in [-0.25, -0.2) is 4.39 Å². The van der Waals surface area contributed by atoms with E-state index in [1.54, 1.807) is 12.1 Å². The van der Waals surface area contributed by atoms with Crippen molar-refractivity contribution in [1.82, 2.24) is 10.2 Å². The summed E-state index contributed by atoms with van der Waals surface area (Å²) in [5.74, 6) is -0.152. The Morgan fingerprint density at radius 2 is 1.89 bits per heavy atom. The first-order valence-electron chi connectivity index (χ1n) is 6.85. The van der Waals surface area contributed by atoms with Crippen molar-refractivity contribution in [2.45, 2.75) is 38.3 Å². The second-order valence-electron chi connectivity index (χ2n) is 5.28. The molecule has 1 aromatic rings. The minimum absolute atomic E-state index is 0.152. The number of halogens is 1. The lowest BCUT2D eigenvalue weighted by Gasteiger charge is -2.36. The Hall–Kier alpha value is -0.930. The number of benzene rings is 1. The van der Waals surface area contributed by atoms with Crippen LogP contribution < -0.4 is 5.32 Å². The van der Waals surface area contributed by atoms with E-state index < -0.39 is 0 Å². The van der Waals surface area contributed by atoms with Gasteiger partial charge in [0.15, 0.2) is 0 Å². The number of hydrogen-bond donors (Lipinski definition) is 1. The van der Waals surface area contributed by atoms with Crippen LogP contribution >= 0.6 is 0 Å². The summed E-state index contributed by atoms with van der Waals surface area (Å²) in [5.41, 5.74) is 1.22. The van der Waals surface area contributed by atoms with Gasteiger partial charge in [0.05, 0.1) is 0 Å². The van der Waals surface area contributed by atoms with Crippen LogP contribution in [0.1, 0.15) is 25.3 Å². The van der Waals surface area contributed by atoms with Crippen molar-refractivity contribution in [1.29, 1.82) is 0 Å². The predicted molar refractivity (Wildman–Crippen MR) is 73.2 cm³/mol. The standard InChI is InChI=1S/C15H23FN2/c1-12(11-13-3-5-14(16)6-4-13)18-9-7-15(17-2)8-10-18/h3-6,12,15,17H,7-11H2,1-2H3. The monoisotopic (exact) mass is 250 g/mol. The number of piperidine rings is 1. The quantitative estimate of drug-likeness (QED) is 0.883. The zero-order chi connectivity index (χ0) is 13.0. The molecule has 0 radical (unpaired) electrons. The van der Waals surface area contributed by atoms with E-state index in [-0.39, 0.29) is 5.82 Å². The van der Waals surface area contributed by atoms with Crippen LogP contribution in [0, 0.1) is 5.82 Å². The molecule has 1 aliphatic heterocycles. The van der Waals surface area contributed by atoms with Gasteiger partial charge < -0.3 is 10.2 Å². The van der Waals surface area contributed by atoms with E-state index in [1.165, 1.54) is 18.4 Å². The molecule has 1 aromatic carbocycles. The molecule has 1 fully saturated rings. The second-order valence-corrected chi connectivity index (χ2v) is 5.28. The van der Waals surface area contributed by atoms with Gasteiger partial charge in [-0.2, -0.15) is 0 Å². The van der Waals surface area contributed by atoms with Crippen molar-refractivity contribution in [3.05, 3.63) is 35.6 Å². The van der Waals surface area contributed by atoms with E-state index in [9.17, 15) is 4.39 Å². The summed E-state index contributed by atoms with van der Waals surface area (Å²) in [4.78, 5) is 2.54. The number of hydrogen-bond acceptors (Lipinski definition) is 2. The molecule has 18 heavy (non-hydrogen) atoms. The molecule has 1 aliphatic rings. The van der Waals surface area contributed by atoms with Gasteiger partial charge in [-0.05, 0) is 64.0 Å². The smallest absolute Gasteiger partial charge is 0.123 e. The van der Waals surface area contributed by atoms with Crippen molar-refractivity contribution in [2.24, 2.45) is 0 Å². The van der Waals surface area contributed by atoms with E-state index in [0.29, 0.717) is 12.1 Å². The molecule has 0 aliphatic carbocycles. The highest BCUT2D eigenvalue weighted by molar-refractivity contribution is 5.17. The zero-order valence-electron chi connectivity index (χ0n) is 11.3. The second kappa shape index (κ2) is 6.30. The van der Waals surface area contributed by atoms with E-state index in [0.717, 1.165) is 19.5 Å². The Labute approximate surface area is 109 Å². The first-order chi connectivity index (χ1) is 8.69. The number of likely N-dealkylation sites (tertiary alicyclic amines) is 1. The summed E-state index contributed by atoms with van der Waals surface area (Å²) in [6, 6.07) is 8.11. The average molecular weight is 250 g/mol. The predicted octanol–water partition coefficient (Wildman–Crippen LogP) is 2.44. The van der Waals surface area contributed by atoms with Crippen LogP contribution in [-0.2, 0) is 6.42 Å². The van der Waals surface area contributed by atoms with Gasteiger partial charge in [0, 0.05) is 12.1 Å². The Balaban J connectivity index is 1.85. The van der Waals surface area contributed by atoms with E-state index >= 15 is 0 Å². The Morgan fingerprint density at radius 1 is 1.28 bits per heavy atom. The summed E-state index contributed by atoms with van der Waals surface area (Å²) in [6.07, 6.45) is 3.46. The maximum absolute atomic E-state index is 12.8. The molecule has 0 spiro atoms. The Morgan fingerprint density at radius 3 is 2.44 bits per heavy atom. The summed E-state index contributed by atoms with van der Waals surface area (Å²) in [7, 11) is 2.04. The normalized spacial score (nSPS) is 19.9. The third kappa shape index (κ3) is 3.53. The molecule has 0 bridgehead atoms. The molecule has 0 saturated carbocycles. The summed E-state index contributed by atoms with van der Waals surface area (Å²) >= 11 is 0. The third-order valence-corrected chi connectivity index (χ3v) is 4.01. The van der Waals surface area contributed by atoms with Crippen LogP contribution in [0.5, 0.6) is 0 Å². The molecule has 2 rings (SSSR count). The maximum Gasteiger partial charge on any atom is 0.123 e. The molecule has 0 aromatic heterocycles. The molecule has 1 saturated heterocycles. The van der Waals surface area contributed by atoms with Gasteiger partial charge in [0.2, 0.25) is 0 Å². The lowest BCUT2D eigenvalue weighted by Crippen LogP contribution is -2.45. The molecule has 1 N–H and O–H groups in total. The van der Waals surface area contributed by atoms with E-state index in [1.807, 2.05) is 19.2 Å². The van der Waals surface area contributed by atoms with Crippen molar-refractivity contribution >= 4 is 0 Å². The Kier molecular flexibility index (Phi) is 4.72. The molecule has 1 unspecified atom stereocenters.